The monoisotopic (exact) mass is 341 g/mol. The minimum absolute atomic E-state index is 0.248. The number of halogens is 1. The number of nitrogens with zero attached hydrogens (tertiary/aromatic N) is 3. The predicted octanol–water partition coefficient (Wildman–Crippen LogP) is 3.43. The molecule has 0 atom stereocenters. The number of aromatic nitrogens is 3. The van der Waals surface area contributed by atoms with Crippen molar-refractivity contribution in [2.75, 3.05) is 0 Å². The van der Waals surface area contributed by atoms with Gasteiger partial charge in [-0.3, -0.25) is 0 Å². The minimum Gasteiger partial charge on any atom is -0.618 e. The molecule has 4 rings (SSSR count). The highest BCUT2D eigenvalue weighted by atomic mass is 32.2. The van der Waals surface area contributed by atoms with Crippen molar-refractivity contribution in [2.24, 2.45) is 0 Å². The van der Waals surface area contributed by atoms with Gasteiger partial charge >= 0.3 is 0 Å². The molecule has 24 heavy (non-hydrogen) atoms. The molecule has 0 radical (unpaired) electrons. The maximum atomic E-state index is 13.2. The van der Waals surface area contributed by atoms with Crippen LogP contribution in [0.4, 0.5) is 4.39 Å². The fourth-order valence-corrected chi connectivity index (χ4v) is 3.97. The Hall–Kier alpha value is -2.34. The second-order valence-corrected chi connectivity index (χ2v) is 6.76. The van der Waals surface area contributed by atoms with Crippen molar-refractivity contribution < 1.29 is 9.12 Å². The summed E-state index contributed by atoms with van der Waals surface area (Å²) in [5.74, 6) is 0.408. The summed E-state index contributed by atoms with van der Waals surface area (Å²) in [5, 5.41) is 17.2. The van der Waals surface area contributed by atoms with Crippen molar-refractivity contribution >= 4 is 11.8 Å². The van der Waals surface area contributed by atoms with E-state index in [2.05, 4.69) is 0 Å². The van der Waals surface area contributed by atoms with Gasteiger partial charge in [0.15, 0.2) is 6.20 Å². The van der Waals surface area contributed by atoms with E-state index in [9.17, 15) is 9.60 Å². The van der Waals surface area contributed by atoms with Gasteiger partial charge in [-0.05, 0) is 66.9 Å². The molecule has 0 saturated heterocycles. The standard InChI is InChI=1S/C18H16FN3OS/c19-13-7-9-14(10-8-13)22-17-5-3-4-15(17)16(20-22)12-24-18-6-1-2-11-21(18)23/h1-2,6-11H,3-5,12H2. The Morgan fingerprint density at radius 2 is 2.00 bits per heavy atom. The van der Waals surface area contributed by atoms with E-state index < -0.39 is 0 Å². The number of rotatable bonds is 4. The van der Waals surface area contributed by atoms with Crippen LogP contribution in [0, 0.1) is 11.0 Å². The Labute approximate surface area is 143 Å². The van der Waals surface area contributed by atoms with Crippen LogP contribution in [0.15, 0.2) is 53.7 Å². The molecule has 0 spiro atoms. The Balaban J connectivity index is 1.64. The third-order valence-electron chi connectivity index (χ3n) is 4.23. The number of pyridine rings is 1. The summed E-state index contributed by atoms with van der Waals surface area (Å²) in [4.78, 5) is 0. The molecular formula is C18H16FN3OS. The third-order valence-corrected chi connectivity index (χ3v) is 5.26. The number of hydrogen-bond acceptors (Lipinski definition) is 3. The zero-order chi connectivity index (χ0) is 16.5. The van der Waals surface area contributed by atoms with Gasteiger partial charge in [0.1, 0.15) is 5.82 Å². The zero-order valence-corrected chi connectivity index (χ0v) is 13.8. The van der Waals surface area contributed by atoms with Crippen LogP contribution >= 0.6 is 11.8 Å². The molecule has 1 aliphatic rings. The van der Waals surface area contributed by atoms with Gasteiger partial charge < -0.3 is 5.21 Å². The summed E-state index contributed by atoms with van der Waals surface area (Å²) in [6.07, 6.45) is 4.61. The Morgan fingerprint density at radius 3 is 2.79 bits per heavy atom. The van der Waals surface area contributed by atoms with Gasteiger partial charge in [-0.1, -0.05) is 0 Å². The van der Waals surface area contributed by atoms with Crippen molar-refractivity contribution in [3.05, 3.63) is 76.6 Å². The molecule has 0 aliphatic heterocycles. The number of benzene rings is 1. The summed E-state index contributed by atoms with van der Waals surface area (Å²) < 4.78 is 16.0. The lowest BCUT2D eigenvalue weighted by molar-refractivity contribution is -0.645. The first-order valence-corrected chi connectivity index (χ1v) is 8.87. The molecule has 3 aromatic rings. The van der Waals surface area contributed by atoms with Gasteiger partial charge in [-0.25, -0.2) is 9.07 Å². The van der Waals surface area contributed by atoms with E-state index in [1.807, 2.05) is 16.8 Å². The van der Waals surface area contributed by atoms with Gasteiger partial charge in [0, 0.05) is 23.6 Å². The third kappa shape index (κ3) is 2.78. The highest BCUT2D eigenvalue weighted by molar-refractivity contribution is 7.98. The summed E-state index contributed by atoms with van der Waals surface area (Å²) in [5.41, 5.74) is 4.38. The first-order valence-electron chi connectivity index (χ1n) is 7.89. The van der Waals surface area contributed by atoms with E-state index >= 15 is 0 Å². The van der Waals surface area contributed by atoms with Gasteiger partial charge in [0.2, 0.25) is 0 Å². The summed E-state index contributed by atoms with van der Waals surface area (Å²) in [7, 11) is 0. The lowest BCUT2D eigenvalue weighted by Gasteiger charge is -2.05. The van der Waals surface area contributed by atoms with Crippen molar-refractivity contribution in [1.29, 1.82) is 0 Å². The van der Waals surface area contributed by atoms with Crippen molar-refractivity contribution in [2.45, 2.75) is 30.0 Å². The second kappa shape index (κ2) is 6.28. The quantitative estimate of drug-likeness (QED) is 0.415. The van der Waals surface area contributed by atoms with E-state index in [0.717, 1.165) is 35.4 Å². The summed E-state index contributed by atoms with van der Waals surface area (Å²) >= 11 is 1.49. The van der Waals surface area contributed by atoms with Gasteiger partial charge in [0.25, 0.3) is 5.03 Å². The average molecular weight is 341 g/mol. The molecule has 0 bridgehead atoms. The summed E-state index contributed by atoms with van der Waals surface area (Å²) in [6.45, 7) is 0. The first-order chi connectivity index (χ1) is 11.7. The Morgan fingerprint density at radius 1 is 1.17 bits per heavy atom. The fraction of sp³-hybridized carbons (Fsp3) is 0.222. The molecule has 0 unspecified atom stereocenters. The van der Waals surface area contributed by atoms with Crippen LogP contribution in [0.25, 0.3) is 5.69 Å². The highest BCUT2D eigenvalue weighted by Crippen LogP contribution is 2.31. The second-order valence-electron chi connectivity index (χ2n) is 5.77. The van der Waals surface area contributed by atoms with Crippen LogP contribution in [-0.2, 0) is 18.6 Å². The lowest BCUT2D eigenvalue weighted by Crippen LogP contribution is -2.27. The zero-order valence-electron chi connectivity index (χ0n) is 13.0. The Bertz CT molecular complexity index is 876. The Kier molecular flexibility index (Phi) is 3.98. The molecule has 6 heteroatoms. The van der Waals surface area contributed by atoms with Crippen LogP contribution in [0.1, 0.15) is 23.4 Å². The molecular weight excluding hydrogens is 325 g/mol. The van der Waals surface area contributed by atoms with Crippen LogP contribution < -0.4 is 4.73 Å². The lowest BCUT2D eigenvalue weighted by atomic mass is 10.2. The van der Waals surface area contributed by atoms with Crippen molar-refractivity contribution in [3.8, 4) is 5.69 Å². The molecule has 1 aliphatic carbocycles. The highest BCUT2D eigenvalue weighted by Gasteiger charge is 2.23. The molecule has 0 amide bonds. The first kappa shape index (κ1) is 15.2. The van der Waals surface area contributed by atoms with Gasteiger partial charge in [-0.15, -0.1) is 0 Å². The van der Waals surface area contributed by atoms with E-state index in [0.29, 0.717) is 10.8 Å². The van der Waals surface area contributed by atoms with E-state index in [-0.39, 0.29) is 5.82 Å². The molecule has 2 aromatic heterocycles. The predicted molar refractivity (Wildman–Crippen MR) is 90.5 cm³/mol. The molecule has 122 valence electrons. The largest absolute Gasteiger partial charge is 0.618 e. The molecule has 0 N–H and O–H groups in total. The normalized spacial score (nSPS) is 13.2. The number of thioether (sulfide) groups is 1. The molecule has 2 heterocycles. The molecule has 0 fully saturated rings. The average Bonchev–Trinajstić information content (AvgIpc) is 3.18. The topological polar surface area (TPSA) is 44.8 Å². The van der Waals surface area contributed by atoms with Crippen LogP contribution in [0.5, 0.6) is 0 Å². The van der Waals surface area contributed by atoms with Crippen molar-refractivity contribution in [1.82, 2.24) is 9.78 Å². The fourth-order valence-electron chi connectivity index (χ4n) is 3.09. The number of fused-ring (bicyclic) bond motifs is 1. The minimum atomic E-state index is -0.248. The molecule has 0 saturated carbocycles. The summed E-state index contributed by atoms with van der Waals surface area (Å²) in [6, 6.07) is 11.8. The molecule has 4 nitrogen and oxygen atoms in total. The number of hydrogen-bond donors (Lipinski definition) is 0. The van der Waals surface area contributed by atoms with Crippen LogP contribution in [0.2, 0.25) is 0 Å². The van der Waals surface area contributed by atoms with Crippen LogP contribution in [0.3, 0.4) is 0 Å². The smallest absolute Gasteiger partial charge is 0.251 e. The SMILES string of the molecule is [O-][n+]1ccccc1SCc1nn(-c2ccc(F)cc2)c2c1CCC2. The van der Waals surface area contributed by atoms with E-state index in [4.69, 9.17) is 5.10 Å². The van der Waals surface area contributed by atoms with Gasteiger partial charge in [0.05, 0.1) is 11.4 Å². The van der Waals surface area contributed by atoms with Crippen molar-refractivity contribution in [3.63, 3.8) is 0 Å². The maximum Gasteiger partial charge on any atom is 0.251 e. The van der Waals surface area contributed by atoms with Gasteiger partial charge in [-0.2, -0.15) is 9.83 Å². The van der Waals surface area contributed by atoms with E-state index in [1.54, 1.807) is 18.2 Å². The van der Waals surface area contributed by atoms with E-state index in [1.165, 1.54) is 41.3 Å². The van der Waals surface area contributed by atoms with Crippen LogP contribution in [-0.4, -0.2) is 9.78 Å². The maximum absolute atomic E-state index is 13.2. The molecule has 1 aromatic carbocycles.